The maximum atomic E-state index is 13.1. The fraction of sp³-hybridized carbons (Fsp3) is 0.458. The Balaban J connectivity index is 1.47. The zero-order valence-electron chi connectivity index (χ0n) is 19.1. The van der Waals surface area contributed by atoms with Gasteiger partial charge < -0.3 is 14.8 Å². The molecule has 2 heterocycles. The topological polar surface area (TPSA) is 97.0 Å². The number of nitrogens with one attached hydrogen (secondary N) is 2. The molecule has 34 heavy (non-hydrogen) atoms. The first-order valence-corrected chi connectivity index (χ1v) is 12.9. The average molecular weight is 492 g/mol. The Kier molecular flexibility index (Phi) is 7.82. The van der Waals surface area contributed by atoms with Gasteiger partial charge in [-0.05, 0) is 55.3 Å². The molecule has 184 valence electrons. The Morgan fingerprint density at radius 3 is 2.53 bits per heavy atom. The normalized spacial score (nSPS) is 20.1. The molecule has 2 atom stereocenters. The molecule has 0 radical (unpaired) electrons. The van der Waals surface area contributed by atoms with Crippen LogP contribution in [0, 0.1) is 18.7 Å². The smallest absolute Gasteiger partial charge is 0.261 e. The van der Waals surface area contributed by atoms with Crippen molar-refractivity contribution in [1.82, 2.24) is 10.2 Å². The lowest BCUT2D eigenvalue weighted by Gasteiger charge is -2.37. The van der Waals surface area contributed by atoms with E-state index in [0.717, 1.165) is 26.1 Å². The van der Waals surface area contributed by atoms with Crippen LogP contribution in [-0.4, -0.2) is 71.3 Å². The second-order valence-corrected chi connectivity index (χ2v) is 10.3. The first-order chi connectivity index (χ1) is 16.3. The van der Waals surface area contributed by atoms with E-state index in [1.807, 2.05) is 0 Å². The van der Waals surface area contributed by atoms with Gasteiger partial charge in [0.1, 0.15) is 5.82 Å². The number of nitrogens with zero attached hydrogens (tertiary/aromatic N) is 1. The van der Waals surface area contributed by atoms with Crippen LogP contribution >= 0.6 is 0 Å². The van der Waals surface area contributed by atoms with Crippen LogP contribution in [0.1, 0.15) is 22.3 Å². The fourth-order valence-electron chi connectivity index (χ4n) is 4.40. The molecule has 2 saturated heterocycles. The second kappa shape index (κ2) is 10.8. The summed E-state index contributed by atoms with van der Waals surface area (Å²) in [5, 5.41) is 3.01. The highest BCUT2D eigenvalue weighted by atomic mass is 32.2. The molecule has 0 saturated carbocycles. The van der Waals surface area contributed by atoms with Crippen molar-refractivity contribution in [1.29, 1.82) is 0 Å². The van der Waals surface area contributed by atoms with Crippen LogP contribution in [0.15, 0.2) is 47.4 Å². The van der Waals surface area contributed by atoms with E-state index in [9.17, 15) is 17.6 Å². The first kappa shape index (κ1) is 24.6. The summed E-state index contributed by atoms with van der Waals surface area (Å²) in [5.74, 6) is -0.462. The Bertz CT molecular complexity index is 1100. The highest BCUT2D eigenvalue weighted by molar-refractivity contribution is 7.92. The summed E-state index contributed by atoms with van der Waals surface area (Å²) in [6, 6.07) is 9.59. The summed E-state index contributed by atoms with van der Waals surface area (Å²) in [6.07, 6.45) is 0.944. The van der Waals surface area contributed by atoms with Crippen molar-refractivity contribution < 1.29 is 27.1 Å². The SMILES string of the molecule is Cc1ccc(S(=O)(=O)Nc2ccc(F)cc2)cc1C(=O)NCC(C1CCOC1)N1CCOCC1. The Morgan fingerprint density at radius 1 is 1.12 bits per heavy atom. The Hall–Kier alpha value is -2.53. The predicted octanol–water partition coefficient (Wildman–Crippen LogP) is 2.40. The van der Waals surface area contributed by atoms with Gasteiger partial charge >= 0.3 is 0 Å². The minimum Gasteiger partial charge on any atom is -0.381 e. The Morgan fingerprint density at radius 2 is 1.85 bits per heavy atom. The van der Waals surface area contributed by atoms with Gasteiger partial charge in [-0.1, -0.05) is 6.07 Å². The first-order valence-electron chi connectivity index (χ1n) is 11.4. The number of anilines is 1. The predicted molar refractivity (Wildman–Crippen MR) is 126 cm³/mol. The van der Waals surface area contributed by atoms with Gasteiger partial charge in [0, 0.05) is 49.5 Å². The number of morpholine rings is 1. The standard InChI is InChI=1S/C24H30FN3O5S/c1-17-2-7-21(34(30,31)27-20-5-3-19(25)4-6-20)14-22(17)24(29)26-15-23(18-8-11-33-16-18)28-9-12-32-13-10-28/h2-7,14,18,23,27H,8-13,15-16H2,1H3,(H,26,29). The van der Waals surface area contributed by atoms with Crippen molar-refractivity contribution >= 4 is 21.6 Å². The van der Waals surface area contributed by atoms with Gasteiger partial charge in [-0.25, -0.2) is 12.8 Å². The molecule has 1 amide bonds. The van der Waals surface area contributed by atoms with Gasteiger partial charge in [0.2, 0.25) is 0 Å². The number of sulfonamides is 1. The van der Waals surface area contributed by atoms with Crippen LogP contribution in [0.5, 0.6) is 0 Å². The van der Waals surface area contributed by atoms with E-state index < -0.39 is 15.8 Å². The minimum atomic E-state index is -3.95. The number of halogens is 1. The van der Waals surface area contributed by atoms with Crippen LogP contribution in [0.4, 0.5) is 10.1 Å². The monoisotopic (exact) mass is 491 g/mol. The largest absolute Gasteiger partial charge is 0.381 e. The van der Waals surface area contributed by atoms with Crippen molar-refractivity contribution in [2.24, 2.45) is 5.92 Å². The summed E-state index contributed by atoms with van der Waals surface area (Å²) < 4.78 is 52.3. The maximum Gasteiger partial charge on any atom is 0.261 e. The molecular weight excluding hydrogens is 461 g/mol. The number of ether oxygens (including phenoxy) is 2. The molecule has 2 fully saturated rings. The average Bonchev–Trinajstić information content (AvgIpc) is 3.36. The van der Waals surface area contributed by atoms with Crippen LogP contribution in [0.25, 0.3) is 0 Å². The van der Waals surface area contributed by atoms with Crippen molar-refractivity contribution in [3.63, 3.8) is 0 Å². The van der Waals surface area contributed by atoms with Gasteiger partial charge in [0.05, 0.1) is 24.7 Å². The molecule has 4 rings (SSSR count). The van der Waals surface area contributed by atoms with E-state index >= 15 is 0 Å². The van der Waals surface area contributed by atoms with Gasteiger partial charge in [-0.2, -0.15) is 0 Å². The van der Waals surface area contributed by atoms with Crippen LogP contribution < -0.4 is 10.0 Å². The summed E-state index contributed by atoms with van der Waals surface area (Å²) in [7, 11) is -3.95. The quantitative estimate of drug-likeness (QED) is 0.589. The van der Waals surface area contributed by atoms with Crippen molar-refractivity contribution in [2.75, 3.05) is 50.8 Å². The highest BCUT2D eigenvalue weighted by Crippen LogP contribution is 2.23. The molecule has 2 aromatic carbocycles. The molecule has 2 aliphatic rings. The van der Waals surface area contributed by atoms with E-state index in [0.29, 0.717) is 43.4 Å². The van der Waals surface area contributed by atoms with Crippen molar-refractivity contribution in [2.45, 2.75) is 24.3 Å². The summed E-state index contributed by atoms with van der Waals surface area (Å²) in [6.45, 7) is 6.53. The summed E-state index contributed by atoms with van der Waals surface area (Å²) in [5.41, 5.74) is 1.20. The lowest BCUT2D eigenvalue weighted by molar-refractivity contribution is 0.00166. The van der Waals surface area contributed by atoms with E-state index in [4.69, 9.17) is 9.47 Å². The van der Waals surface area contributed by atoms with E-state index in [1.165, 1.54) is 36.4 Å². The van der Waals surface area contributed by atoms with Crippen LogP contribution in [0.3, 0.4) is 0 Å². The molecule has 0 spiro atoms. The summed E-state index contributed by atoms with van der Waals surface area (Å²) >= 11 is 0. The molecule has 0 bridgehead atoms. The van der Waals surface area contributed by atoms with Gasteiger partial charge in [-0.15, -0.1) is 0 Å². The number of hydrogen-bond acceptors (Lipinski definition) is 6. The minimum absolute atomic E-state index is 0.0403. The summed E-state index contributed by atoms with van der Waals surface area (Å²) in [4.78, 5) is 15.4. The van der Waals surface area contributed by atoms with Gasteiger partial charge in [0.25, 0.3) is 15.9 Å². The number of benzene rings is 2. The molecular formula is C24H30FN3O5S. The third kappa shape index (κ3) is 5.93. The van der Waals surface area contributed by atoms with Crippen molar-refractivity contribution in [3.05, 3.63) is 59.4 Å². The lowest BCUT2D eigenvalue weighted by atomic mass is 9.96. The van der Waals surface area contributed by atoms with E-state index in [1.54, 1.807) is 13.0 Å². The Labute approximate surface area is 199 Å². The van der Waals surface area contributed by atoms with E-state index in [-0.39, 0.29) is 22.5 Å². The van der Waals surface area contributed by atoms with Crippen molar-refractivity contribution in [3.8, 4) is 0 Å². The van der Waals surface area contributed by atoms with Crippen LogP contribution in [-0.2, 0) is 19.5 Å². The molecule has 2 N–H and O–H groups in total. The number of carbonyl (C=O) groups is 1. The second-order valence-electron chi connectivity index (χ2n) is 8.64. The molecule has 2 aliphatic heterocycles. The zero-order valence-corrected chi connectivity index (χ0v) is 19.9. The third-order valence-electron chi connectivity index (χ3n) is 6.36. The van der Waals surface area contributed by atoms with Gasteiger partial charge in [-0.3, -0.25) is 14.4 Å². The third-order valence-corrected chi connectivity index (χ3v) is 7.73. The molecule has 0 aliphatic carbocycles. The molecule has 2 aromatic rings. The highest BCUT2D eigenvalue weighted by Gasteiger charge is 2.32. The number of rotatable bonds is 8. The van der Waals surface area contributed by atoms with Crippen LogP contribution in [0.2, 0.25) is 0 Å². The number of aryl methyl sites for hydroxylation is 1. The lowest BCUT2D eigenvalue weighted by Crippen LogP contribution is -2.52. The number of amides is 1. The molecule has 0 aromatic heterocycles. The molecule has 2 unspecified atom stereocenters. The number of hydrogen-bond donors (Lipinski definition) is 2. The zero-order chi connectivity index (χ0) is 24.1. The molecule has 10 heteroatoms. The molecule has 8 nitrogen and oxygen atoms in total. The number of carbonyl (C=O) groups excluding carboxylic acids is 1. The van der Waals surface area contributed by atoms with E-state index in [2.05, 4.69) is 14.9 Å². The van der Waals surface area contributed by atoms with Gasteiger partial charge in [0.15, 0.2) is 0 Å². The fourth-order valence-corrected chi connectivity index (χ4v) is 5.48. The maximum absolute atomic E-state index is 13.1.